The minimum atomic E-state index is -3.88. The Morgan fingerprint density at radius 2 is 1.95 bits per heavy atom. The number of rotatable bonds is 4. The number of hydrogen-bond donors (Lipinski definition) is 0. The smallest absolute Gasteiger partial charge is 0.336 e. The summed E-state index contributed by atoms with van der Waals surface area (Å²) >= 11 is 0. The molecule has 8 heteroatoms. The molecule has 108 valence electrons. The minimum Gasteiger partial charge on any atom is -0.423 e. The summed E-state index contributed by atoms with van der Waals surface area (Å²) in [5.41, 5.74) is -0.0379. The van der Waals surface area contributed by atoms with Gasteiger partial charge in [0.2, 0.25) is 0 Å². The van der Waals surface area contributed by atoms with Crippen molar-refractivity contribution in [2.24, 2.45) is 0 Å². The molecule has 0 aliphatic carbocycles. The lowest BCUT2D eigenvalue weighted by Gasteiger charge is -2.06. The maximum Gasteiger partial charge on any atom is 0.336 e. The van der Waals surface area contributed by atoms with Crippen LogP contribution in [0.3, 0.4) is 0 Å². The lowest BCUT2D eigenvalue weighted by molar-refractivity contribution is 0.412. The zero-order chi connectivity index (χ0) is 14.9. The van der Waals surface area contributed by atoms with Crippen LogP contribution >= 0.6 is 0 Å². The van der Waals surface area contributed by atoms with E-state index in [1.807, 2.05) is 0 Å². The van der Waals surface area contributed by atoms with Crippen LogP contribution in [-0.4, -0.2) is 13.6 Å². The van der Waals surface area contributed by atoms with Crippen molar-refractivity contribution in [3.05, 3.63) is 58.8 Å². The van der Waals surface area contributed by atoms with Gasteiger partial charge >= 0.3 is 15.7 Å². The third-order valence-electron chi connectivity index (χ3n) is 2.63. The fourth-order valence-corrected chi connectivity index (χ4v) is 2.73. The van der Waals surface area contributed by atoms with Crippen LogP contribution < -0.4 is 9.81 Å². The Hall–Kier alpha value is -2.61. The second kappa shape index (κ2) is 5.06. The summed E-state index contributed by atoms with van der Waals surface area (Å²) in [5, 5.41) is 4.17. The van der Waals surface area contributed by atoms with Crippen molar-refractivity contribution >= 4 is 21.1 Å². The highest BCUT2D eigenvalue weighted by Gasteiger charge is 2.16. The summed E-state index contributed by atoms with van der Waals surface area (Å²) in [6.45, 7) is 0. The maximum absolute atomic E-state index is 11.9. The highest BCUT2D eigenvalue weighted by molar-refractivity contribution is 7.86. The van der Waals surface area contributed by atoms with Crippen LogP contribution in [0.1, 0.15) is 5.69 Å². The first-order chi connectivity index (χ1) is 10.0. The van der Waals surface area contributed by atoms with Crippen LogP contribution in [0.25, 0.3) is 11.0 Å². The van der Waals surface area contributed by atoms with Gasteiger partial charge in [0.25, 0.3) is 0 Å². The largest absolute Gasteiger partial charge is 0.423 e. The van der Waals surface area contributed by atoms with E-state index < -0.39 is 21.5 Å². The monoisotopic (exact) mass is 307 g/mol. The predicted molar refractivity (Wildman–Crippen MR) is 72.2 cm³/mol. The Labute approximate surface area is 118 Å². The number of hydrogen-bond acceptors (Lipinski definition) is 7. The summed E-state index contributed by atoms with van der Waals surface area (Å²) in [4.78, 5) is 11.1. The second-order valence-corrected chi connectivity index (χ2v) is 5.80. The SMILES string of the molecule is O=c1ccc2ccc(OS(=O)(=O)Cc3ccon3)cc2o1. The zero-order valence-corrected chi connectivity index (χ0v) is 11.4. The van der Waals surface area contributed by atoms with Crippen molar-refractivity contribution < 1.29 is 21.5 Å². The van der Waals surface area contributed by atoms with Crippen LogP contribution in [0.15, 0.2) is 56.4 Å². The van der Waals surface area contributed by atoms with Gasteiger partial charge in [0.1, 0.15) is 29.0 Å². The van der Waals surface area contributed by atoms with Crippen LogP contribution in [0.2, 0.25) is 0 Å². The summed E-state index contributed by atoms with van der Waals surface area (Å²) in [7, 11) is -3.88. The first kappa shape index (κ1) is 13.4. The van der Waals surface area contributed by atoms with Crippen molar-refractivity contribution in [2.45, 2.75) is 5.75 Å². The minimum absolute atomic E-state index is 0.0559. The standard InChI is InChI=1S/C13H9NO6S/c15-13-4-2-9-1-3-11(7-12(9)19-13)20-21(16,17)8-10-5-6-18-14-10/h1-7H,8H2. The Bertz CT molecular complexity index is 927. The third-order valence-corrected chi connectivity index (χ3v) is 3.73. The molecule has 0 fully saturated rings. The van der Waals surface area contributed by atoms with Crippen molar-refractivity contribution in [3.63, 3.8) is 0 Å². The van der Waals surface area contributed by atoms with Gasteiger partial charge in [-0.1, -0.05) is 5.16 Å². The van der Waals surface area contributed by atoms with Crippen LogP contribution in [0.5, 0.6) is 5.75 Å². The van der Waals surface area contributed by atoms with Gasteiger partial charge in [0.05, 0.1) is 0 Å². The van der Waals surface area contributed by atoms with Gasteiger partial charge in [0, 0.05) is 23.6 Å². The van der Waals surface area contributed by atoms with Crippen molar-refractivity contribution in [3.8, 4) is 5.75 Å². The number of fused-ring (bicyclic) bond motifs is 1. The highest BCUT2D eigenvalue weighted by Crippen LogP contribution is 2.21. The number of nitrogens with zero attached hydrogens (tertiary/aromatic N) is 1. The second-order valence-electron chi connectivity index (χ2n) is 4.23. The average molecular weight is 307 g/mol. The molecule has 1 aromatic carbocycles. The van der Waals surface area contributed by atoms with E-state index >= 15 is 0 Å². The van der Waals surface area contributed by atoms with Crippen LogP contribution in [0.4, 0.5) is 0 Å². The van der Waals surface area contributed by atoms with Gasteiger partial charge in [-0.2, -0.15) is 8.42 Å². The molecule has 0 atom stereocenters. The molecule has 2 aromatic heterocycles. The average Bonchev–Trinajstić information content (AvgIpc) is 2.89. The van der Waals surface area contributed by atoms with Gasteiger partial charge in [-0.15, -0.1) is 0 Å². The van der Waals surface area contributed by atoms with Crippen LogP contribution in [0, 0.1) is 0 Å². The molecule has 0 spiro atoms. The lowest BCUT2D eigenvalue weighted by Crippen LogP contribution is -2.12. The van der Waals surface area contributed by atoms with E-state index in [1.165, 1.54) is 30.5 Å². The van der Waals surface area contributed by atoms with Gasteiger partial charge in [-0.25, -0.2) is 4.79 Å². The summed E-state index contributed by atoms with van der Waals surface area (Å²) in [5.74, 6) is -0.361. The molecule has 3 rings (SSSR count). The molecular weight excluding hydrogens is 298 g/mol. The maximum atomic E-state index is 11.9. The Kier molecular flexibility index (Phi) is 3.22. The first-order valence-electron chi connectivity index (χ1n) is 5.87. The molecule has 0 aliphatic rings. The van der Waals surface area contributed by atoms with E-state index in [-0.39, 0.29) is 17.0 Å². The predicted octanol–water partition coefficient (Wildman–Crippen LogP) is 1.69. The molecule has 7 nitrogen and oxygen atoms in total. The molecule has 2 heterocycles. The molecule has 0 N–H and O–H groups in total. The topological polar surface area (TPSA) is 99.6 Å². The fraction of sp³-hybridized carbons (Fsp3) is 0.0769. The van der Waals surface area contributed by atoms with E-state index in [0.29, 0.717) is 5.39 Å². The molecule has 0 bridgehead atoms. The molecule has 0 radical (unpaired) electrons. The van der Waals surface area contributed by atoms with Gasteiger partial charge in [-0.3, -0.25) is 0 Å². The van der Waals surface area contributed by atoms with E-state index in [0.717, 1.165) is 0 Å². The quantitative estimate of drug-likeness (QED) is 0.534. The van der Waals surface area contributed by atoms with Crippen LogP contribution in [-0.2, 0) is 15.9 Å². The number of aromatic nitrogens is 1. The van der Waals surface area contributed by atoms with E-state index in [4.69, 9.17) is 8.60 Å². The van der Waals surface area contributed by atoms with Crippen molar-refractivity contribution in [2.75, 3.05) is 0 Å². The molecule has 3 aromatic rings. The van der Waals surface area contributed by atoms with Crippen molar-refractivity contribution in [1.29, 1.82) is 0 Å². The molecule has 0 aliphatic heterocycles. The Morgan fingerprint density at radius 3 is 2.71 bits per heavy atom. The highest BCUT2D eigenvalue weighted by atomic mass is 32.2. The molecule has 0 amide bonds. The van der Waals surface area contributed by atoms with E-state index in [9.17, 15) is 13.2 Å². The first-order valence-corrected chi connectivity index (χ1v) is 7.45. The third kappa shape index (κ3) is 3.11. The Morgan fingerprint density at radius 1 is 1.14 bits per heavy atom. The molecule has 21 heavy (non-hydrogen) atoms. The van der Waals surface area contributed by atoms with Gasteiger partial charge < -0.3 is 13.1 Å². The summed E-state index contributed by atoms with van der Waals surface area (Å²) in [6, 6.07) is 8.71. The Balaban J connectivity index is 1.88. The summed E-state index contributed by atoms with van der Waals surface area (Å²) in [6.07, 6.45) is 1.27. The van der Waals surface area contributed by atoms with E-state index in [2.05, 4.69) is 9.68 Å². The lowest BCUT2D eigenvalue weighted by atomic mass is 10.2. The van der Waals surface area contributed by atoms with E-state index in [1.54, 1.807) is 12.1 Å². The van der Waals surface area contributed by atoms with Crippen molar-refractivity contribution in [1.82, 2.24) is 5.16 Å². The summed E-state index contributed by atoms with van der Waals surface area (Å²) < 4.78 is 38.2. The molecular formula is C13H9NO6S. The van der Waals surface area contributed by atoms with Gasteiger partial charge in [0.15, 0.2) is 0 Å². The molecule has 0 unspecified atom stereocenters. The fourth-order valence-electron chi connectivity index (χ4n) is 1.76. The van der Waals surface area contributed by atoms with Gasteiger partial charge in [-0.05, 0) is 18.2 Å². The zero-order valence-electron chi connectivity index (χ0n) is 10.6. The molecule has 0 saturated heterocycles. The normalized spacial score (nSPS) is 11.6. The molecule has 0 saturated carbocycles. The number of benzene rings is 1.